The quantitative estimate of drug-likeness (QED) is 0.812. The number of nitrogens with one attached hydrogen (secondary N) is 2. The van der Waals surface area contributed by atoms with Gasteiger partial charge < -0.3 is 15.4 Å². The van der Waals surface area contributed by atoms with Crippen LogP contribution in [0.2, 0.25) is 0 Å². The summed E-state index contributed by atoms with van der Waals surface area (Å²) in [6.07, 6.45) is 1.73. The van der Waals surface area contributed by atoms with Crippen LogP contribution in [0.15, 0.2) is 24.3 Å². The smallest absolute Gasteiger partial charge is 0.220 e. The van der Waals surface area contributed by atoms with E-state index in [0.717, 1.165) is 30.6 Å². The van der Waals surface area contributed by atoms with Gasteiger partial charge in [0.05, 0.1) is 6.61 Å². The number of amides is 1. The molecule has 0 bridgehead atoms. The second-order valence-electron chi connectivity index (χ2n) is 5.25. The highest BCUT2D eigenvalue weighted by atomic mass is 35.5. The number of halogens is 1. The number of ether oxygens (including phenoxy) is 1. The third-order valence-corrected chi connectivity index (χ3v) is 3.69. The van der Waals surface area contributed by atoms with Gasteiger partial charge in [0, 0.05) is 19.6 Å². The second kappa shape index (κ2) is 9.77. The van der Waals surface area contributed by atoms with Crippen LogP contribution >= 0.6 is 12.4 Å². The van der Waals surface area contributed by atoms with E-state index in [1.807, 2.05) is 25.1 Å². The first-order chi connectivity index (χ1) is 9.79. The van der Waals surface area contributed by atoms with Gasteiger partial charge in [0.15, 0.2) is 0 Å². The van der Waals surface area contributed by atoms with E-state index in [-0.39, 0.29) is 18.3 Å². The largest absolute Gasteiger partial charge is 0.377 e. The maximum atomic E-state index is 11.9. The molecule has 2 rings (SSSR count). The topological polar surface area (TPSA) is 50.4 Å². The number of rotatable bonds is 7. The molecule has 1 amide bonds. The van der Waals surface area contributed by atoms with Crippen molar-refractivity contribution in [1.29, 1.82) is 0 Å². The molecule has 0 aromatic heterocycles. The lowest BCUT2D eigenvalue weighted by molar-refractivity contribution is -0.122. The summed E-state index contributed by atoms with van der Waals surface area (Å²) < 4.78 is 5.45. The maximum Gasteiger partial charge on any atom is 0.220 e. The van der Waals surface area contributed by atoms with Gasteiger partial charge in [-0.15, -0.1) is 12.4 Å². The molecular weight excluding hydrogens is 288 g/mol. The van der Waals surface area contributed by atoms with E-state index in [4.69, 9.17) is 4.74 Å². The molecule has 0 saturated carbocycles. The fraction of sp³-hybridized carbons (Fsp3) is 0.562. The van der Waals surface area contributed by atoms with Crippen LogP contribution in [0.1, 0.15) is 30.9 Å². The summed E-state index contributed by atoms with van der Waals surface area (Å²) in [6, 6.07) is 8.10. The molecule has 2 N–H and O–H groups in total. The molecule has 1 saturated heterocycles. The van der Waals surface area contributed by atoms with Gasteiger partial charge in [-0.3, -0.25) is 4.79 Å². The SMILES string of the molecule is CCOCc1ccccc1CNC(=O)CC1CCNC1.Cl. The molecule has 5 heteroatoms. The molecule has 1 aromatic rings. The van der Waals surface area contributed by atoms with Gasteiger partial charge in [-0.25, -0.2) is 0 Å². The van der Waals surface area contributed by atoms with Crippen LogP contribution in [0.3, 0.4) is 0 Å². The Morgan fingerprint density at radius 1 is 1.38 bits per heavy atom. The van der Waals surface area contributed by atoms with Gasteiger partial charge in [0.2, 0.25) is 5.91 Å². The summed E-state index contributed by atoms with van der Waals surface area (Å²) in [5.74, 6) is 0.638. The first-order valence-electron chi connectivity index (χ1n) is 7.41. The van der Waals surface area contributed by atoms with Gasteiger partial charge >= 0.3 is 0 Å². The van der Waals surface area contributed by atoms with E-state index >= 15 is 0 Å². The molecule has 1 fully saturated rings. The second-order valence-corrected chi connectivity index (χ2v) is 5.25. The predicted octanol–water partition coefficient (Wildman–Crippen LogP) is 2.26. The number of carbonyl (C=O) groups excluding carboxylic acids is 1. The van der Waals surface area contributed by atoms with Crippen molar-refractivity contribution in [2.75, 3.05) is 19.7 Å². The van der Waals surface area contributed by atoms with E-state index in [0.29, 0.717) is 32.1 Å². The highest BCUT2D eigenvalue weighted by Gasteiger charge is 2.17. The average Bonchev–Trinajstić information content (AvgIpc) is 2.96. The minimum absolute atomic E-state index is 0. The van der Waals surface area contributed by atoms with Crippen molar-refractivity contribution < 1.29 is 9.53 Å². The summed E-state index contributed by atoms with van der Waals surface area (Å²) in [4.78, 5) is 11.9. The van der Waals surface area contributed by atoms with Crippen molar-refractivity contribution in [3.63, 3.8) is 0 Å². The van der Waals surface area contributed by atoms with Gasteiger partial charge in [0.1, 0.15) is 0 Å². The van der Waals surface area contributed by atoms with Crippen molar-refractivity contribution in [1.82, 2.24) is 10.6 Å². The normalized spacial score (nSPS) is 17.3. The Bertz CT molecular complexity index is 434. The Labute approximate surface area is 133 Å². The fourth-order valence-corrected chi connectivity index (χ4v) is 2.50. The van der Waals surface area contributed by atoms with Crippen LogP contribution < -0.4 is 10.6 Å². The Kier molecular flexibility index (Phi) is 8.35. The van der Waals surface area contributed by atoms with Crippen LogP contribution in [-0.2, 0) is 22.7 Å². The molecular formula is C16H25ClN2O2. The molecule has 0 aliphatic carbocycles. The van der Waals surface area contributed by atoms with Crippen molar-refractivity contribution in [2.45, 2.75) is 32.9 Å². The van der Waals surface area contributed by atoms with Crippen molar-refractivity contribution in [3.8, 4) is 0 Å². The zero-order chi connectivity index (χ0) is 14.2. The first kappa shape index (κ1) is 18.0. The molecule has 0 spiro atoms. The Hall–Kier alpha value is -1.10. The molecule has 1 aliphatic heterocycles. The minimum atomic E-state index is 0. The average molecular weight is 313 g/mol. The van der Waals surface area contributed by atoms with Gasteiger partial charge in [-0.2, -0.15) is 0 Å². The zero-order valence-electron chi connectivity index (χ0n) is 12.6. The fourth-order valence-electron chi connectivity index (χ4n) is 2.50. The van der Waals surface area contributed by atoms with Crippen LogP contribution in [0, 0.1) is 5.92 Å². The summed E-state index contributed by atoms with van der Waals surface area (Å²) in [5, 5.41) is 6.31. The molecule has 1 heterocycles. The summed E-state index contributed by atoms with van der Waals surface area (Å²) in [7, 11) is 0. The summed E-state index contributed by atoms with van der Waals surface area (Å²) in [6.45, 7) is 5.89. The molecule has 4 nitrogen and oxygen atoms in total. The number of hydrogen-bond donors (Lipinski definition) is 2. The predicted molar refractivity (Wildman–Crippen MR) is 86.5 cm³/mol. The zero-order valence-corrected chi connectivity index (χ0v) is 13.4. The minimum Gasteiger partial charge on any atom is -0.377 e. The van der Waals surface area contributed by atoms with Crippen LogP contribution in [-0.4, -0.2) is 25.6 Å². The molecule has 0 radical (unpaired) electrons. The molecule has 118 valence electrons. The maximum absolute atomic E-state index is 11.9. The Morgan fingerprint density at radius 3 is 2.81 bits per heavy atom. The number of hydrogen-bond acceptors (Lipinski definition) is 3. The van der Waals surface area contributed by atoms with Crippen molar-refractivity contribution >= 4 is 18.3 Å². The Balaban J connectivity index is 0.00000220. The van der Waals surface area contributed by atoms with E-state index in [2.05, 4.69) is 16.7 Å². The van der Waals surface area contributed by atoms with E-state index in [1.165, 1.54) is 0 Å². The molecule has 1 aromatic carbocycles. The number of benzene rings is 1. The molecule has 1 atom stereocenters. The van der Waals surface area contributed by atoms with E-state index in [9.17, 15) is 4.79 Å². The molecule has 1 unspecified atom stereocenters. The van der Waals surface area contributed by atoms with E-state index < -0.39 is 0 Å². The lowest BCUT2D eigenvalue weighted by atomic mass is 10.0. The van der Waals surface area contributed by atoms with Crippen LogP contribution in [0.4, 0.5) is 0 Å². The summed E-state index contributed by atoms with van der Waals surface area (Å²) in [5.41, 5.74) is 2.29. The molecule has 1 aliphatic rings. The van der Waals surface area contributed by atoms with Gasteiger partial charge in [-0.1, -0.05) is 24.3 Å². The van der Waals surface area contributed by atoms with Crippen LogP contribution in [0.25, 0.3) is 0 Å². The third kappa shape index (κ3) is 6.04. The van der Waals surface area contributed by atoms with Gasteiger partial charge in [0.25, 0.3) is 0 Å². The first-order valence-corrected chi connectivity index (χ1v) is 7.41. The van der Waals surface area contributed by atoms with Gasteiger partial charge in [-0.05, 0) is 43.5 Å². The summed E-state index contributed by atoms with van der Waals surface area (Å²) >= 11 is 0. The van der Waals surface area contributed by atoms with Crippen molar-refractivity contribution in [3.05, 3.63) is 35.4 Å². The Morgan fingerprint density at radius 2 is 2.14 bits per heavy atom. The molecule has 21 heavy (non-hydrogen) atoms. The highest BCUT2D eigenvalue weighted by molar-refractivity contribution is 5.85. The monoisotopic (exact) mass is 312 g/mol. The highest BCUT2D eigenvalue weighted by Crippen LogP contribution is 2.13. The van der Waals surface area contributed by atoms with Crippen molar-refractivity contribution in [2.24, 2.45) is 5.92 Å². The van der Waals surface area contributed by atoms with E-state index in [1.54, 1.807) is 0 Å². The van der Waals surface area contributed by atoms with Crippen LogP contribution in [0.5, 0.6) is 0 Å². The standard InChI is InChI=1S/C16H24N2O2.ClH/c1-2-20-12-15-6-4-3-5-14(15)11-18-16(19)9-13-7-8-17-10-13;/h3-6,13,17H,2,7-12H2,1H3,(H,18,19);1H. The lowest BCUT2D eigenvalue weighted by Gasteiger charge is -2.12. The third-order valence-electron chi connectivity index (χ3n) is 3.69. The lowest BCUT2D eigenvalue weighted by Crippen LogP contribution is -2.26. The number of carbonyl (C=O) groups is 1.